The molecular weight excluding hydrogens is 403 g/mol. The zero-order valence-corrected chi connectivity index (χ0v) is 17.8. The predicted octanol–water partition coefficient (Wildman–Crippen LogP) is 4.81. The van der Waals surface area contributed by atoms with Gasteiger partial charge in [-0.2, -0.15) is 0 Å². The van der Waals surface area contributed by atoms with Crippen LogP contribution < -0.4 is 10.4 Å². The van der Waals surface area contributed by atoms with Crippen LogP contribution in [-0.2, 0) is 9.47 Å². The number of rotatable bonds is 8. The van der Waals surface area contributed by atoms with Gasteiger partial charge in [0.15, 0.2) is 0 Å². The molecular formula is C20H22Cl2O4Si. The fourth-order valence-corrected chi connectivity index (χ4v) is 6.39. The van der Waals surface area contributed by atoms with E-state index in [-0.39, 0.29) is 13.2 Å². The summed E-state index contributed by atoms with van der Waals surface area (Å²) >= 11 is 12.0. The van der Waals surface area contributed by atoms with Gasteiger partial charge in [-0.3, -0.25) is 9.59 Å². The molecule has 0 saturated heterocycles. The first-order valence-electron chi connectivity index (χ1n) is 8.83. The van der Waals surface area contributed by atoms with E-state index in [2.05, 4.69) is 0 Å². The lowest BCUT2D eigenvalue weighted by Crippen LogP contribution is -2.70. The standard InChI is InChI=1S/C20H22Cl2O4Si/c1-3-13-25-19(23)27(20(24)26-14-4-2,17-9-5-15(21)6-10-17)18-11-7-16(22)8-12-18/h5-12H,3-4,13-14H2,1-2H3. The molecule has 27 heavy (non-hydrogen) atoms. The molecule has 0 spiro atoms. The Bertz CT molecular complexity index is 708. The number of hydrogen-bond acceptors (Lipinski definition) is 4. The number of carbonyl (C=O) groups excluding carboxylic acids is 2. The summed E-state index contributed by atoms with van der Waals surface area (Å²) < 4.78 is 11.0. The van der Waals surface area contributed by atoms with Gasteiger partial charge in [-0.1, -0.05) is 61.3 Å². The van der Waals surface area contributed by atoms with E-state index in [1.165, 1.54) is 0 Å². The summed E-state index contributed by atoms with van der Waals surface area (Å²) in [6.07, 6.45) is 1.31. The van der Waals surface area contributed by atoms with Gasteiger partial charge in [0.05, 0.1) is 13.2 Å². The molecule has 0 atom stereocenters. The van der Waals surface area contributed by atoms with Gasteiger partial charge in [0.25, 0.3) is 11.2 Å². The van der Waals surface area contributed by atoms with E-state index in [1.54, 1.807) is 48.5 Å². The quantitative estimate of drug-likeness (QED) is 0.570. The van der Waals surface area contributed by atoms with Gasteiger partial charge in [-0.25, -0.2) is 0 Å². The highest BCUT2D eigenvalue weighted by atomic mass is 35.5. The number of halogens is 2. The lowest BCUT2D eigenvalue weighted by Gasteiger charge is -2.28. The van der Waals surface area contributed by atoms with Crippen LogP contribution in [0.5, 0.6) is 0 Å². The highest BCUT2D eigenvalue weighted by Gasteiger charge is 2.56. The molecule has 0 saturated carbocycles. The molecule has 2 aromatic rings. The molecule has 0 heterocycles. The predicted molar refractivity (Wildman–Crippen MR) is 111 cm³/mol. The van der Waals surface area contributed by atoms with Crippen LogP contribution in [0, 0.1) is 0 Å². The van der Waals surface area contributed by atoms with Crippen molar-refractivity contribution in [2.24, 2.45) is 0 Å². The van der Waals surface area contributed by atoms with E-state index in [1.807, 2.05) is 13.8 Å². The minimum absolute atomic E-state index is 0.232. The fourth-order valence-electron chi connectivity index (χ4n) is 2.73. The van der Waals surface area contributed by atoms with Gasteiger partial charge in [-0.15, -0.1) is 0 Å². The van der Waals surface area contributed by atoms with Crippen molar-refractivity contribution in [3.63, 3.8) is 0 Å². The molecule has 0 aliphatic rings. The van der Waals surface area contributed by atoms with Crippen LogP contribution in [-0.4, -0.2) is 32.5 Å². The van der Waals surface area contributed by atoms with Crippen molar-refractivity contribution in [2.45, 2.75) is 26.7 Å². The largest absolute Gasteiger partial charge is 0.469 e. The lowest BCUT2D eigenvalue weighted by atomic mass is 10.4. The molecule has 0 aliphatic carbocycles. The monoisotopic (exact) mass is 424 g/mol. The summed E-state index contributed by atoms with van der Waals surface area (Å²) in [5.41, 5.74) is -1.09. The Hall–Kier alpha value is -1.82. The fraction of sp³-hybridized carbons (Fsp3) is 0.300. The smallest absolute Gasteiger partial charge is 0.370 e. The normalized spacial score (nSPS) is 11.1. The Kier molecular flexibility index (Phi) is 7.89. The van der Waals surface area contributed by atoms with Gasteiger partial charge in [0.2, 0.25) is 0 Å². The van der Waals surface area contributed by atoms with Crippen LogP contribution in [0.4, 0.5) is 9.59 Å². The van der Waals surface area contributed by atoms with E-state index in [0.29, 0.717) is 33.3 Å². The molecule has 0 bridgehead atoms. The molecule has 2 aromatic carbocycles. The first-order chi connectivity index (χ1) is 13.0. The second-order valence-electron chi connectivity index (χ2n) is 6.04. The van der Waals surface area contributed by atoms with Gasteiger partial charge in [0.1, 0.15) is 0 Å². The topological polar surface area (TPSA) is 52.6 Å². The zero-order valence-electron chi connectivity index (χ0n) is 15.3. The molecule has 0 radical (unpaired) electrons. The van der Waals surface area contributed by atoms with Crippen LogP contribution in [0.25, 0.3) is 0 Å². The van der Waals surface area contributed by atoms with E-state index in [4.69, 9.17) is 32.7 Å². The van der Waals surface area contributed by atoms with E-state index in [0.717, 1.165) is 0 Å². The van der Waals surface area contributed by atoms with Crippen LogP contribution in [0.3, 0.4) is 0 Å². The second-order valence-corrected chi connectivity index (χ2v) is 10.4. The molecule has 4 nitrogen and oxygen atoms in total. The highest BCUT2D eigenvalue weighted by Crippen LogP contribution is 2.17. The molecule has 0 aromatic heterocycles. The van der Waals surface area contributed by atoms with Crippen molar-refractivity contribution in [2.75, 3.05) is 13.2 Å². The number of carbonyl (C=O) groups is 2. The van der Waals surface area contributed by atoms with Crippen LogP contribution >= 0.6 is 23.2 Å². The molecule has 0 amide bonds. The third-order valence-corrected chi connectivity index (χ3v) is 8.46. The van der Waals surface area contributed by atoms with E-state index >= 15 is 0 Å². The zero-order chi connectivity index (χ0) is 19.9. The Labute approximate surface area is 170 Å². The van der Waals surface area contributed by atoms with Crippen molar-refractivity contribution in [3.8, 4) is 0 Å². The maximum atomic E-state index is 13.3. The van der Waals surface area contributed by atoms with Crippen molar-refractivity contribution in [1.29, 1.82) is 0 Å². The number of benzene rings is 2. The third-order valence-electron chi connectivity index (χ3n) is 4.04. The van der Waals surface area contributed by atoms with Crippen molar-refractivity contribution in [1.82, 2.24) is 0 Å². The van der Waals surface area contributed by atoms with Gasteiger partial charge in [0, 0.05) is 10.0 Å². The van der Waals surface area contributed by atoms with Crippen LogP contribution in [0.1, 0.15) is 26.7 Å². The maximum absolute atomic E-state index is 13.3. The molecule has 0 aliphatic heterocycles. The Morgan fingerprint density at radius 1 is 0.741 bits per heavy atom. The number of hydrogen-bond donors (Lipinski definition) is 0. The molecule has 144 valence electrons. The summed E-state index contributed by atoms with van der Waals surface area (Å²) in [6, 6.07) is 13.4. The van der Waals surface area contributed by atoms with Crippen molar-refractivity contribution in [3.05, 3.63) is 58.6 Å². The van der Waals surface area contributed by atoms with Gasteiger partial charge in [-0.05, 0) is 47.5 Å². The van der Waals surface area contributed by atoms with Crippen LogP contribution in [0.15, 0.2) is 48.5 Å². The minimum atomic E-state index is -3.71. The highest BCUT2D eigenvalue weighted by molar-refractivity contribution is 7.37. The SMILES string of the molecule is CCCOC(=O)[Si](C(=O)OCCC)(c1ccc(Cl)cc1)c1ccc(Cl)cc1. The average Bonchev–Trinajstić information content (AvgIpc) is 2.67. The van der Waals surface area contributed by atoms with E-state index in [9.17, 15) is 9.59 Å². The third kappa shape index (κ3) is 4.72. The van der Waals surface area contributed by atoms with Crippen LogP contribution in [0.2, 0.25) is 10.0 Å². The first-order valence-corrected chi connectivity index (χ1v) is 11.6. The molecule has 0 N–H and O–H groups in total. The van der Waals surface area contributed by atoms with Crippen molar-refractivity contribution < 1.29 is 19.1 Å². The lowest BCUT2D eigenvalue weighted by molar-refractivity contribution is 0.162. The van der Waals surface area contributed by atoms with Gasteiger partial charge < -0.3 is 9.47 Å². The Balaban J connectivity index is 2.70. The summed E-state index contributed by atoms with van der Waals surface area (Å²) in [7, 11) is -3.71. The summed E-state index contributed by atoms with van der Waals surface area (Å²) in [4.78, 5) is 26.5. The second kappa shape index (κ2) is 9.92. The molecule has 0 fully saturated rings. The number of ether oxygens (including phenoxy) is 2. The molecule has 7 heteroatoms. The average molecular weight is 425 g/mol. The van der Waals surface area contributed by atoms with E-state index < -0.39 is 19.3 Å². The maximum Gasteiger partial charge on any atom is 0.370 e. The summed E-state index contributed by atoms with van der Waals surface area (Å²) in [5.74, 6) is 0. The molecule has 0 unspecified atom stereocenters. The minimum Gasteiger partial charge on any atom is -0.469 e. The Morgan fingerprint density at radius 3 is 1.37 bits per heavy atom. The first kappa shape index (κ1) is 21.5. The summed E-state index contributed by atoms with van der Waals surface area (Å²) in [6.45, 7) is 4.26. The van der Waals surface area contributed by atoms with Crippen molar-refractivity contribution >= 4 is 52.8 Å². The molecule has 2 rings (SSSR count). The Morgan fingerprint density at radius 2 is 1.07 bits per heavy atom. The van der Waals surface area contributed by atoms with Gasteiger partial charge >= 0.3 is 8.07 Å². The summed E-state index contributed by atoms with van der Waals surface area (Å²) in [5, 5.41) is 2.16.